The minimum atomic E-state index is 0.0474. The van der Waals surface area contributed by atoms with Crippen LogP contribution in [0.25, 0.3) is 0 Å². The van der Waals surface area contributed by atoms with Gasteiger partial charge in [0.05, 0.1) is 10.6 Å². The molecule has 1 heterocycles. The van der Waals surface area contributed by atoms with Crippen molar-refractivity contribution in [2.75, 3.05) is 18.0 Å². The van der Waals surface area contributed by atoms with Crippen molar-refractivity contribution in [1.29, 1.82) is 5.41 Å². The van der Waals surface area contributed by atoms with E-state index in [9.17, 15) is 0 Å². The number of benzene rings is 1. The summed E-state index contributed by atoms with van der Waals surface area (Å²) >= 11 is 6.10. The maximum absolute atomic E-state index is 7.60. The van der Waals surface area contributed by atoms with Crippen molar-refractivity contribution in [3.8, 4) is 0 Å². The molecular formula is C12H16ClN3. The zero-order valence-electron chi connectivity index (χ0n) is 9.17. The van der Waals surface area contributed by atoms with Crippen molar-refractivity contribution in [1.82, 2.24) is 0 Å². The number of piperidine rings is 1. The van der Waals surface area contributed by atoms with Crippen LogP contribution in [0.5, 0.6) is 0 Å². The molecule has 1 saturated heterocycles. The average Bonchev–Trinajstić information content (AvgIpc) is 2.29. The van der Waals surface area contributed by atoms with E-state index in [1.54, 1.807) is 6.07 Å². The Morgan fingerprint density at radius 3 is 2.56 bits per heavy atom. The predicted molar refractivity (Wildman–Crippen MR) is 68.5 cm³/mol. The van der Waals surface area contributed by atoms with E-state index >= 15 is 0 Å². The normalized spacial score (nSPS) is 16.2. The first-order valence-corrected chi connectivity index (χ1v) is 5.96. The van der Waals surface area contributed by atoms with Crippen LogP contribution in [0.2, 0.25) is 5.02 Å². The molecule has 0 saturated carbocycles. The summed E-state index contributed by atoms with van der Waals surface area (Å²) in [5.41, 5.74) is 7.27. The first kappa shape index (κ1) is 11.3. The van der Waals surface area contributed by atoms with E-state index in [1.165, 1.54) is 19.3 Å². The molecule has 0 spiro atoms. The van der Waals surface area contributed by atoms with Gasteiger partial charge in [-0.1, -0.05) is 17.7 Å². The Balaban J connectivity index is 2.38. The summed E-state index contributed by atoms with van der Waals surface area (Å²) in [7, 11) is 0. The highest BCUT2D eigenvalue weighted by molar-refractivity contribution is 6.34. The number of rotatable bonds is 2. The van der Waals surface area contributed by atoms with Gasteiger partial charge in [0.15, 0.2) is 0 Å². The standard InChI is InChI=1S/C12H16ClN3/c13-9-5-4-6-10(11(9)12(14)15)16-7-2-1-3-8-16/h4-6H,1-3,7-8H2,(H3,14,15). The fraction of sp³-hybridized carbons (Fsp3) is 0.417. The number of nitrogen functional groups attached to an aromatic ring is 1. The lowest BCUT2D eigenvalue weighted by molar-refractivity contribution is 0.577. The van der Waals surface area contributed by atoms with E-state index in [0.717, 1.165) is 18.8 Å². The summed E-state index contributed by atoms with van der Waals surface area (Å²) in [5.74, 6) is 0.0474. The van der Waals surface area contributed by atoms with Crippen LogP contribution in [0.15, 0.2) is 18.2 Å². The second kappa shape index (κ2) is 4.74. The molecule has 0 radical (unpaired) electrons. The average molecular weight is 238 g/mol. The minimum Gasteiger partial charge on any atom is -0.384 e. The van der Waals surface area contributed by atoms with Crippen molar-refractivity contribution in [2.24, 2.45) is 5.73 Å². The van der Waals surface area contributed by atoms with Gasteiger partial charge in [0.25, 0.3) is 0 Å². The molecule has 0 aliphatic carbocycles. The summed E-state index contributed by atoms with van der Waals surface area (Å²) in [6.45, 7) is 2.06. The maximum Gasteiger partial charge on any atom is 0.126 e. The molecule has 3 nitrogen and oxygen atoms in total. The Labute approximate surface area is 101 Å². The van der Waals surface area contributed by atoms with E-state index in [1.807, 2.05) is 12.1 Å². The quantitative estimate of drug-likeness (QED) is 0.614. The van der Waals surface area contributed by atoms with Gasteiger partial charge in [0.2, 0.25) is 0 Å². The Morgan fingerprint density at radius 2 is 1.94 bits per heavy atom. The number of hydrogen-bond acceptors (Lipinski definition) is 2. The molecule has 1 fully saturated rings. The van der Waals surface area contributed by atoms with Crippen LogP contribution in [0, 0.1) is 5.41 Å². The molecule has 1 aromatic rings. The zero-order chi connectivity index (χ0) is 11.5. The molecule has 0 bridgehead atoms. The molecule has 0 aromatic heterocycles. The van der Waals surface area contributed by atoms with Gasteiger partial charge in [-0.15, -0.1) is 0 Å². The van der Waals surface area contributed by atoms with Crippen molar-refractivity contribution in [2.45, 2.75) is 19.3 Å². The van der Waals surface area contributed by atoms with Crippen LogP contribution in [-0.4, -0.2) is 18.9 Å². The number of hydrogen-bond donors (Lipinski definition) is 2. The number of anilines is 1. The lowest BCUT2D eigenvalue weighted by Crippen LogP contribution is -2.31. The Kier molecular flexibility index (Phi) is 3.34. The van der Waals surface area contributed by atoms with Crippen LogP contribution in [0.4, 0.5) is 5.69 Å². The molecule has 0 unspecified atom stereocenters. The Bertz CT molecular complexity index is 397. The van der Waals surface area contributed by atoms with Crippen molar-refractivity contribution in [3.63, 3.8) is 0 Å². The van der Waals surface area contributed by atoms with Crippen LogP contribution in [-0.2, 0) is 0 Å². The maximum atomic E-state index is 7.60. The molecular weight excluding hydrogens is 222 g/mol. The Hall–Kier alpha value is -1.22. The predicted octanol–water partition coefficient (Wildman–Crippen LogP) is 2.61. The molecule has 0 atom stereocenters. The lowest BCUT2D eigenvalue weighted by Gasteiger charge is -2.30. The topological polar surface area (TPSA) is 53.1 Å². The first-order valence-electron chi connectivity index (χ1n) is 5.58. The molecule has 1 aliphatic rings. The second-order valence-electron chi connectivity index (χ2n) is 4.10. The number of nitrogens with one attached hydrogen (secondary N) is 1. The van der Waals surface area contributed by atoms with Crippen LogP contribution >= 0.6 is 11.6 Å². The largest absolute Gasteiger partial charge is 0.384 e. The van der Waals surface area contributed by atoms with E-state index in [4.69, 9.17) is 22.7 Å². The zero-order valence-corrected chi connectivity index (χ0v) is 9.93. The Morgan fingerprint density at radius 1 is 1.25 bits per heavy atom. The van der Waals surface area contributed by atoms with Gasteiger partial charge in [-0.05, 0) is 31.4 Å². The summed E-state index contributed by atoms with van der Waals surface area (Å²) < 4.78 is 0. The second-order valence-corrected chi connectivity index (χ2v) is 4.50. The molecule has 4 heteroatoms. The first-order chi connectivity index (χ1) is 7.70. The summed E-state index contributed by atoms with van der Waals surface area (Å²) in [4.78, 5) is 2.27. The molecule has 2 rings (SSSR count). The highest BCUT2D eigenvalue weighted by Gasteiger charge is 2.17. The van der Waals surface area contributed by atoms with Gasteiger partial charge in [0.1, 0.15) is 5.84 Å². The molecule has 3 N–H and O–H groups in total. The van der Waals surface area contributed by atoms with E-state index in [2.05, 4.69) is 4.90 Å². The van der Waals surface area contributed by atoms with Gasteiger partial charge in [-0.3, -0.25) is 5.41 Å². The van der Waals surface area contributed by atoms with E-state index in [0.29, 0.717) is 10.6 Å². The third kappa shape index (κ3) is 2.14. The van der Waals surface area contributed by atoms with Gasteiger partial charge in [0, 0.05) is 18.8 Å². The SMILES string of the molecule is N=C(N)c1c(Cl)cccc1N1CCCCC1. The van der Waals surface area contributed by atoms with Crippen LogP contribution in [0.1, 0.15) is 24.8 Å². The number of halogens is 1. The molecule has 86 valence electrons. The summed E-state index contributed by atoms with van der Waals surface area (Å²) in [5, 5.41) is 8.17. The van der Waals surface area contributed by atoms with Gasteiger partial charge >= 0.3 is 0 Å². The number of amidine groups is 1. The van der Waals surface area contributed by atoms with E-state index < -0.39 is 0 Å². The fourth-order valence-electron chi connectivity index (χ4n) is 2.18. The molecule has 0 amide bonds. The van der Waals surface area contributed by atoms with Crippen LogP contribution in [0.3, 0.4) is 0 Å². The third-order valence-corrected chi connectivity index (χ3v) is 3.27. The van der Waals surface area contributed by atoms with Crippen molar-refractivity contribution < 1.29 is 0 Å². The highest BCUT2D eigenvalue weighted by atomic mass is 35.5. The van der Waals surface area contributed by atoms with Crippen molar-refractivity contribution >= 4 is 23.1 Å². The summed E-state index contributed by atoms with van der Waals surface area (Å²) in [6, 6.07) is 5.69. The molecule has 16 heavy (non-hydrogen) atoms. The number of nitrogens with two attached hydrogens (primary N) is 1. The minimum absolute atomic E-state index is 0.0474. The van der Waals surface area contributed by atoms with Crippen LogP contribution < -0.4 is 10.6 Å². The van der Waals surface area contributed by atoms with E-state index in [-0.39, 0.29) is 5.84 Å². The fourth-order valence-corrected chi connectivity index (χ4v) is 2.45. The molecule has 1 aromatic carbocycles. The van der Waals surface area contributed by atoms with Gasteiger partial charge in [-0.2, -0.15) is 0 Å². The highest BCUT2D eigenvalue weighted by Crippen LogP contribution is 2.29. The lowest BCUT2D eigenvalue weighted by atomic mass is 10.1. The monoisotopic (exact) mass is 237 g/mol. The summed E-state index contributed by atoms with van der Waals surface area (Å²) in [6.07, 6.45) is 3.68. The van der Waals surface area contributed by atoms with Gasteiger partial charge in [-0.25, -0.2) is 0 Å². The van der Waals surface area contributed by atoms with Crippen molar-refractivity contribution in [3.05, 3.63) is 28.8 Å². The molecule has 1 aliphatic heterocycles. The van der Waals surface area contributed by atoms with Gasteiger partial charge < -0.3 is 10.6 Å². The smallest absolute Gasteiger partial charge is 0.126 e. The number of nitrogens with zero attached hydrogens (tertiary/aromatic N) is 1. The third-order valence-electron chi connectivity index (χ3n) is 2.96.